The van der Waals surface area contributed by atoms with Crippen LogP contribution in [0.15, 0.2) is 0 Å². The Morgan fingerprint density at radius 2 is 1.57 bits per heavy atom. The summed E-state index contributed by atoms with van der Waals surface area (Å²) in [5.41, 5.74) is -3.95. The predicted octanol–water partition coefficient (Wildman–Crippen LogP) is 1.39. The molecule has 6 aliphatic rings. The van der Waals surface area contributed by atoms with Crippen molar-refractivity contribution in [3.8, 4) is 0 Å². The van der Waals surface area contributed by atoms with Crippen LogP contribution >= 0.6 is 0 Å². The molecule has 226 valence electrons. The van der Waals surface area contributed by atoms with E-state index in [1.54, 1.807) is 14.2 Å². The van der Waals surface area contributed by atoms with E-state index in [1.165, 1.54) is 21.0 Å². The highest BCUT2D eigenvalue weighted by Crippen LogP contribution is 2.81. The molecule has 1 aliphatic heterocycles. The number of rotatable bonds is 7. The van der Waals surface area contributed by atoms with E-state index in [9.17, 15) is 19.8 Å². The molecule has 10 nitrogen and oxygen atoms in total. The van der Waals surface area contributed by atoms with Crippen LogP contribution in [0.4, 0.5) is 0 Å². The molecule has 0 amide bonds. The second kappa shape index (κ2) is 9.10. The molecule has 7 bridgehead atoms. The summed E-state index contributed by atoms with van der Waals surface area (Å²) in [6.45, 7) is 11.0. The number of carbonyl (C=O) groups excluding carboxylic acids is 2. The Bertz CT molecular complexity index is 1070. The van der Waals surface area contributed by atoms with E-state index < -0.39 is 58.7 Å². The number of hydrogen-bond donors (Lipinski definition) is 2. The van der Waals surface area contributed by atoms with Gasteiger partial charge in [-0.25, -0.2) is 0 Å². The first-order chi connectivity index (χ1) is 18.9. The van der Waals surface area contributed by atoms with E-state index >= 15 is 0 Å². The fourth-order valence-corrected chi connectivity index (χ4v) is 12.1. The first-order valence-electron chi connectivity index (χ1n) is 15.0. The molecule has 40 heavy (non-hydrogen) atoms. The maximum atomic E-state index is 13.3. The molecule has 2 N–H and O–H groups in total. The maximum absolute atomic E-state index is 13.3. The molecule has 1 unspecified atom stereocenters. The summed E-state index contributed by atoms with van der Waals surface area (Å²) in [5, 5.41) is 25.8. The van der Waals surface area contributed by atoms with Gasteiger partial charge in [0.1, 0.15) is 23.4 Å². The van der Waals surface area contributed by atoms with Gasteiger partial charge in [-0.15, -0.1) is 0 Å². The van der Waals surface area contributed by atoms with Crippen LogP contribution in [0, 0.1) is 40.4 Å². The predicted molar refractivity (Wildman–Crippen MR) is 142 cm³/mol. The number of nitrogens with zero attached hydrogens (tertiary/aromatic N) is 1. The Hall–Kier alpha value is -1.30. The summed E-state index contributed by atoms with van der Waals surface area (Å²) in [6, 6.07) is -0.148. The highest BCUT2D eigenvalue weighted by Gasteiger charge is 2.91. The van der Waals surface area contributed by atoms with E-state index in [2.05, 4.69) is 25.7 Å². The van der Waals surface area contributed by atoms with Crippen LogP contribution in [0.1, 0.15) is 53.9 Å². The summed E-state index contributed by atoms with van der Waals surface area (Å²) in [7, 11) is 4.93. The van der Waals surface area contributed by atoms with E-state index in [0.29, 0.717) is 5.92 Å². The Labute approximate surface area is 237 Å². The molecular weight excluding hydrogens is 518 g/mol. The van der Waals surface area contributed by atoms with Crippen molar-refractivity contribution in [3.63, 3.8) is 0 Å². The van der Waals surface area contributed by atoms with Gasteiger partial charge in [-0.1, -0.05) is 20.8 Å². The van der Waals surface area contributed by atoms with Crippen molar-refractivity contribution in [3.05, 3.63) is 0 Å². The first kappa shape index (κ1) is 28.8. The van der Waals surface area contributed by atoms with E-state index in [1.807, 2.05) is 0 Å². The van der Waals surface area contributed by atoms with Crippen LogP contribution in [0.3, 0.4) is 0 Å². The number of hydrogen-bond acceptors (Lipinski definition) is 10. The second-order valence-corrected chi connectivity index (χ2v) is 13.6. The molecule has 5 aliphatic carbocycles. The Morgan fingerprint density at radius 1 is 0.925 bits per heavy atom. The van der Waals surface area contributed by atoms with Crippen molar-refractivity contribution in [1.82, 2.24) is 4.90 Å². The molecule has 0 aromatic carbocycles. The van der Waals surface area contributed by atoms with Gasteiger partial charge in [-0.2, -0.15) is 0 Å². The minimum absolute atomic E-state index is 0.0282. The van der Waals surface area contributed by atoms with E-state index in [-0.39, 0.29) is 41.9 Å². The quantitative estimate of drug-likeness (QED) is 0.438. The molecule has 0 aromatic rings. The zero-order chi connectivity index (χ0) is 29.2. The highest BCUT2D eigenvalue weighted by molar-refractivity contribution is 5.67. The molecule has 6 rings (SSSR count). The third kappa shape index (κ3) is 2.96. The first-order valence-corrected chi connectivity index (χ1v) is 15.0. The topological polar surface area (TPSA) is 124 Å². The molecule has 1 heterocycles. The van der Waals surface area contributed by atoms with E-state index in [4.69, 9.17) is 23.7 Å². The molecule has 10 heteroatoms. The van der Waals surface area contributed by atoms with Crippen LogP contribution in [-0.4, -0.2) is 109 Å². The average Bonchev–Trinajstić information content (AvgIpc) is 3.28. The van der Waals surface area contributed by atoms with Gasteiger partial charge in [0.2, 0.25) is 0 Å². The van der Waals surface area contributed by atoms with Gasteiger partial charge in [0.15, 0.2) is 6.10 Å². The van der Waals surface area contributed by atoms with Gasteiger partial charge in [-0.3, -0.25) is 14.5 Å². The number of piperidine rings is 1. The minimum atomic E-state index is -1.69. The largest absolute Gasteiger partial charge is 0.459 e. The Kier molecular flexibility index (Phi) is 6.55. The lowest BCUT2D eigenvalue weighted by Crippen LogP contribution is -2.80. The number of carbonyl (C=O) groups is 2. The normalized spacial score (nSPS) is 55.7. The van der Waals surface area contributed by atoms with Crippen LogP contribution in [0.2, 0.25) is 0 Å². The van der Waals surface area contributed by atoms with Crippen molar-refractivity contribution in [1.29, 1.82) is 0 Å². The van der Waals surface area contributed by atoms with Gasteiger partial charge in [-0.05, 0) is 43.1 Å². The molecule has 6 fully saturated rings. The zero-order valence-electron chi connectivity index (χ0n) is 25.1. The third-order valence-electron chi connectivity index (χ3n) is 12.9. The van der Waals surface area contributed by atoms with Crippen molar-refractivity contribution in [2.24, 2.45) is 40.4 Å². The summed E-state index contributed by atoms with van der Waals surface area (Å²) in [4.78, 5) is 27.6. The lowest BCUT2D eigenvalue weighted by Gasteiger charge is -2.71. The lowest BCUT2D eigenvalue weighted by atomic mass is 9.40. The Morgan fingerprint density at radius 3 is 2.10 bits per heavy atom. The monoisotopic (exact) mass is 565 g/mol. The molecule has 1 saturated heterocycles. The number of esters is 2. The maximum Gasteiger partial charge on any atom is 0.303 e. The number of fused-ring (bicyclic) bond motifs is 2. The van der Waals surface area contributed by atoms with Gasteiger partial charge in [0.05, 0.1) is 12.2 Å². The highest BCUT2D eigenvalue weighted by atomic mass is 16.6. The molecule has 5 saturated carbocycles. The number of methoxy groups -OCH3 is 3. The molecule has 0 radical (unpaired) electrons. The van der Waals surface area contributed by atoms with E-state index in [0.717, 1.165) is 25.9 Å². The number of likely N-dealkylation sites (tertiary alicyclic amines) is 1. The van der Waals surface area contributed by atoms with Gasteiger partial charge < -0.3 is 33.9 Å². The van der Waals surface area contributed by atoms with Crippen molar-refractivity contribution >= 4 is 11.9 Å². The van der Waals surface area contributed by atoms with Crippen molar-refractivity contribution in [2.45, 2.75) is 102 Å². The minimum Gasteiger partial charge on any atom is -0.459 e. The van der Waals surface area contributed by atoms with Crippen LogP contribution < -0.4 is 0 Å². The van der Waals surface area contributed by atoms with Crippen LogP contribution in [0.25, 0.3) is 0 Å². The van der Waals surface area contributed by atoms with Crippen LogP contribution in [-0.2, 0) is 33.3 Å². The summed E-state index contributed by atoms with van der Waals surface area (Å²) >= 11 is 0. The second-order valence-electron chi connectivity index (χ2n) is 13.6. The van der Waals surface area contributed by atoms with Crippen molar-refractivity contribution in [2.75, 3.05) is 34.4 Å². The number of aliphatic hydroxyl groups is 2. The fraction of sp³-hybridized carbons (Fsp3) is 0.933. The smallest absolute Gasteiger partial charge is 0.303 e. The van der Waals surface area contributed by atoms with Crippen molar-refractivity contribution < 1.29 is 43.5 Å². The van der Waals surface area contributed by atoms with Gasteiger partial charge >= 0.3 is 11.9 Å². The SMILES string of the molecule is CCN1C[C@]2(CC)[C@H](C)C[C@H](OC)[C@]34C1[C@H]([C@H](OC)[C@H]23)[C@]1(O)[C@H]2[C@@H](OC(C)=O)[C@](O)(C[C@H]24)[C@@H](OC)[C@@H]1OC(C)=O. The molecule has 15 atom stereocenters. The lowest BCUT2D eigenvalue weighted by molar-refractivity contribution is -0.319. The summed E-state index contributed by atoms with van der Waals surface area (Å²) < 4.78 is 30.7. The average molecular weight is 566 g/mol. The standard InChI is InChI=1S/C30H47NO9/c1-9-27-13-31(10-2)23-20-21(37-7)22(27)29(23,18(36-6)11-14(27)3)17-12-28(34)24(39-15(4)32)19(17)30(20,35)26(25(28)38-8)40-16(5)33/h14,17-26,34-35H,9-13H2,1-8H3/t14-,17-,18+,19-,20+,21+,22-,23?,24-,25+,26+,27-,28-,29+,30-/m1/s1. The molecule has 0 aromatic heterocycles. The molecule has 1 spiro atoms. The Balaban J connectivity index is 1.70. The fourth-order valence-electron chi connectivity index (χ4n) is 12.1. The van der Waals surface area contributed by atoms with Gasteiger partial charge in [0.25, 0.3) is 0 Å². The zero-order valence-corrected chi connectivity index (χ0v) is 25.1. The summed E-state index contributed by atoms with van der Waals surface area (Å²) in [6.07, 6.45) is -1.79. The molecular formula is C30H47NO9. The number of ether oxygens (including phenoxy) is 5. The third-order valence-corrected chi connectivity index (χ3v) is 12.9. The van der Waals surface area contributed by atoms with Crippen LogP contribution in [0.5, 0.6) is 0 Å². The summed E-state index contributed by atoms with van der Waals surface area (Å²) in [5.74, 6) is -2.23. The van der Waals surface area contributed by atoms with Gasteiger partial charge in [0, 0.05) is 70.9 Å².